The molecule has 0 saturated carbocycles. The van der Waals surface area contributed by atoms with Gasteiger partial charge in [0.1, 0.15) is 17.2 Å². The second-order valence-electron chi connectivity index (χ2n) is 5.77. The van der Waals surface area contributed by atoms with Crippen LogP contribution >= 0.6 is 0 Å². The first-order valence-electron chi connectivity index (χ1n) is 6.72. The van der Waals surface area contributed by atoms with Crippen molar-refractivity contribution in [3.8, 4) is 5.75 Å². The number of rotatable bonds is 4. The maximum atomic E-state index is 6.03. The van der Waals surface area contributed by atoms with Crippen LogP contribution in [0.2, 0.25) is 0 Å². The number of hydrogen-bond acceptors (Lipinski definition) is 4. The lowest BCUT2D eigenvalue weighted by Crippen LogP contribution is -2.24. The third kappa shape index (κ3) is 4.23. The van der Waals surface area contributed by atoms with Crippen LogP contribution in [0.4, 0.5) is 5.82 Å². The van der Waals surface area contributed by atoms with Crippen LogP contribution in [0.1, 0.15) is 31.9 Å². The van der Waals surface area contributed by atoms with Gasteiger partial charge in [-0.05, 0) is 39.3 Å². The molecule has 2 rings (SSSR count). The smallest absolute Gasteiger partial charge is 0.144 e. The van der Waals surface area contributed by atoms with Crippen LogP contribution in [0, 0.1) is 6.92 Å². The van der Waals surface area contributed by atoms with Crippen molar-refractivity contribution in [2.75, 3.05) is 5.32 Å². The van der Waals surface area contributed by atoms with Gasteiger partial charge >= 0.3 is 0 Å². The van der Waals surface area contributed by atoms with E-state index >= 15 is 0 Å². The zero-order valence-electron chi connectivity index (χ0n) is 12.5. The Labute approximate surface area is 120 Å². The fraction of sp³-hybridized carbons (Fsp3) is 0.375. The molecule has 1 heterocycles. The highest BCUT2D eigenvalue weighted by Crippen LogP contribution is 2.25. The molecule has 106 valence electrons. The summed E-state index contributed by atoms with van der Waals surface area (Å²) in [6, 6.07) is 6.24. The minimum Gasteiger partial charge on any atom is -0.488 e. The van der Waals surface area contributed by atoms with Crippen molar-refractivity contribution in [1.29, 1.82) is 0 Å². The van der Waals surface area contributed by atoms with Crippen molar-refractivity contribution in [2.45, 2.75) is 39.8 Å². The van der Waals surface area contributed by atoms with Gasteiger partial charge in [0.25, 0.3) is 0 Å². The largest absolute Gasteiger partial charge is 0.488 e. The number of aryl methyl sites for hydroxylation is 1. The van der Waals surface area contributed by atoms with Gasteiger partial charge in [-0.3, -0.25) is 4.98 Å². The maximum Gasteiger partial charge on any atom is 0.144 e. The van der Waals surface area contributed by atoms with E-state index in [1.807, 2.05) is 0 Å². The lowest BCUT2D eigenvalue weighted by atomic mass is 10.1. The van der Waals surface area contributed by atoms with Gasteiger partial charge in [-0.25, -0.2) is 4.98 Å². The number of ether oxygens (including phenoxy) is 1. The summed E-state index contributed by atoms with van der Waals surface area (Å²) >= 11 is 0. The summed E-state index contributed by atoms with van der Waals surface area (Å²) in [6.07, 6.45) is 5.04. The first kappa shape index (κ1) is 14.3. The number of aromatic nitrogens is 2. The Morgan fingerprint density at radius 3 is 2.65 bits per heavy atom. The first-order chi connectivity index (χ1) is 9.44. The van der Waals surface area contributed by atoms with E-state index in [0.717, 1.165) is 17.1 Å². The van der Waals surface area contributed by atoms with Gasteiger partial charge in [0, 0.05) is 24.5 Å². The molecule has 0 saturated heterocycles. The van der Waals surface area contributed by atoms with E-state index < -0.39 is 0 Å². The van der Waals surface area contributed by atoms with E-state index in [1.165, 1.54) is 5.56 Å². The summed E-state index contributed by atoms with van der Waals surface area (Å²) in [6.45, 7) is 8.87. The maximum absolute atomic E-state index is 6.03. The van der Waals surface area contributed by atoms with Gasteiger partial charge in [-0.2, -0.15) is 0 Å². The second kappa shape index (κ2) is 5.90. The molecule has 0 bridgehead atoms. The molecule has 0 radical (unpaired) electrons. The highest BCUT2D eigenvalue weighted by atomic mass is 16.5. The Bertz CT molecular complexity index is 562. The Balaban J connectivity index is 2.14. The van der Waals surface area contributed by atoms with Gasteiger partial charge in [0.2, 0.25) is 0 Å². The van der Waals surface area contributed by atoms with Gasteiger partial charge in [0.05, 0.1) is 6.20 Å². The number of benzene rings is 1. The molecule has 4 nitrogen and oxygen atoms in total. The molecule has 20 heavy (non-hydrogen) atoms. The first-order valence-corrected chi connectivity index (χ1v) is 6.72. The van der Waals surface area contributed by atoms with Crippen molar-refractivity contribution in [1.82, 2.24) is 9.97 Å². The molecule has 0 aliphatic rings. The van der Waals surface area contributed by atoms with E-state index in [2.05, 4.69) is 61.2 Å². The molecule has 0 spiro atoms. The van der Waals surface area contributed by atoms with Crippen LogP contribution in [0.5, 0.6) is 5.75 Å². The molecule has 1 aromatic heterocycles. The molecule has 1 N–H and O–H groups in total. The molecule has 1 aromatic carbocycles. The van der Waals surface area contributed by atoms with E-state index in [4.69, 9.17) is 4.74 Å². The molecular weight excluding hydrogens is 250 g/mol. The fourth-order valence-corrected chi connectivity index (χ4v) is 1.81. The molecule has 0 atom stereocenters. The number of anilines is 1. The molecule has 0 amide bonds. The Hall–Kier alpha value is -2.10. The average Bonchev–Trinajstić information content (AvgIpc) is 2.37. The Morgan fingerprint density at radius 2 is 2.00 bits per heavy atom. The van der Waals surface area contributed by atoms with E-state index in [9.17, 15) is 0 Å². The average molecular weight is 271 g/mol. The summed E-state index contributed by atoms with van der Waals surface area (Å²) in [5.74, 6) is 1.67. The Kier molecular flexibility index (Phi) is 4.23. The normalized spacial score (nSPS) is 11.2. The van der Waals surface area contributed by atoms with Crippen molar-refractivity contribution < 1.29 is 4.74 Å². The van der Waals surface area contributed by atoms with Gasteiger partial charge in [-0.1, -0.05) is 12.1 Å². The zero-order chi connectivity index (χ0) is 14.6. The minimum absolute atomic E-state index is 0.213. The monoisotopic (exact) mass is 271 g/mol. The predicted octanol–water partition coefficient (Wildman–Crippen LogP) is 3.57. The summed E-state index contributed by atoms with van der Waals surface area (Å²) in [5, 5.41) is 3.25. The molecule has 0 aliphatic heterocycles. The van der Waals surface area contributed by atoms with Crippen LogP contribution in [-0.2, 0) is 6.54 Å². The predicted molar refractivity (Wildman–Crippen MR) is 80.9 cm³/mol. The number of nitrogens with zero attached hydrogens (tertiary/aromatic N) is 2. The molecule has 2 aromatic rings. The number of nitrogens with one attached hydrogen (secondary N) is 1. The quantitative estimate of drug-likeness (QED) is 0.923. The molecular formula is C16H21N3O. The lowest BCUT2D eigenvalue weighted by molar-refractivity contribution is 0.129. The third-order valence-corrected chi connectivity index (χ3v) is 2.66. The fourth-order valence-electron chi connectivity index (χ4n) is 1.81. The lowest BCUT2D eigenvalue weighted by Gasteiger charge is -2.24. The Morgan fingerprint density at radius 1 is 1.20 bits per heavy atom. The van der Waals surface area contributed by atoms with Gasteiger partial charge in [0.15, 0.2) is 0 Å². The van der Waals surface area contributed by atoms with Crippen LogP contribution in [0.3, 0.4) is 0 Å². The zero-order valence-corrected chi connectivity index (χ0v) is 12.5. The minimum atomic E-state index is -0.213. The topological polar surface area (TPSA) is 47.0 Å². The third-order valence-electron chi connectivity index (χ3n) is 2.66. The number of hydrogen-bond donors (Lipinski definition) is 1. The van der Waals surface area contributed by atoms with Gasteiger partial charge < -0.3 is 10.1 Å². The van der Waals surface area contributed by atoms with Gasteiger partial charge in [-0.15, -0.1) is 0 Å². The molecule has 0 aliphatic carbocycles. The SMILES string of the molecule is Cc1ccc(CNc2cnccn2)c(OC(C)(C)C)c1. The molecule has 0 fully saturated rings. The highest BCUT2D eigenvalue weighted by molar-refractivity contribution is 5.41. The van der Waals surface area contributed by atoms with Crippen LogP contribution in [-0.4, -0.2) is 15.6 Å². The van der Waals surface area contributed by atoms with Crippen LogP contribution < -0.4 is 10.1 Å². The summed E-state index contributed by atoms with van der Waals surface area (Å²) in [7, 11) is 0. The summed E-state index contributed by atoms with van der Waals surface area (Å²) < 4.78 is 6.03. The van der Waals surface area contributed by atoms with Crippen molar-refractivity contribution in [2.24, 2.45) is 0 Å². The second-order valence-corrected chi connectivity index (χ2v) is 5.77. The summed E-state index contributed by atoms with van der Waals surface area (Å²) in [4.78, 5) is 8.24. The van der Waals surface area contributed by atoms with Crippen LogP contribution in [0.25, 0.3) is 0 Å². The van der Waals surface area contributed by atoms with E-state index in [-0.39, 0.29) is 5.60 Å². The molecule has 0 unspecified atom stereocenters. The highest BCUT2D eigenvalue weighted by Gasteiger charge is 2.14. The van der Waals surface area contributed by atoms with Crippen molar-refractivity contribution in [3.05, 3.63) is 47.9 Å². The molecule has 4 heteroatoms. The van der Waals surface area contributed by atoms with E-state index in [0.29, 0.717) is 6.54 Å². The van der Waals surface area contributed by atoms with Crippen molar-refractivity contribution >= 4 is 5.82 Å². The van der Waals surface area contributed by atoms with Crippen molar-refractivity contribution in [3.63, 3.8) is 0 Å². The summed E-state index contributed by atoms with van der Waals surface area (Å²) in [5.41, 5.74) is 2.08. The standard InChI is InChI=1S/C16H21N3O/c1-12-5-6-13(14(9-12)20-16(2,3)4)10-19-15-11-17-7-8-18-15/h5-9,11H,10H2,1-4H3,(H,18,19). The van der Waals surface area contributed by atoms with Crippen LogP contribution in [0.15, 0.2) is 36.8 Å². The van der Waals surface area contributed by atoms with E-state index in [1.54, 1.807) is 18.6 Å².